The maximum Gasteiger partial charge on any atom is 0.322 e. The molecule has 0 amide bonds. The molecule has 1 heterocycles. The third kappa shape index (κ3) is 2.33. The van der Waals surface area contributed by atoms with Crippen molar-refractivity contribution in [3.63, 3.8) is 0 Å². The van der Waals surface area contributed by atoms with Crippen LogP contribution >= 0.6 is 0 Å². The van der Waals surface area contributed by atoms with E-state index in [1.165, 1.54) is 12.1 Å². The monoisotopic (exact) mass is 263 g/mol. The number of nitrogens with zero attached hydrogens (tertiary/aromatic N) is 1. The van der Waals surface area contributed by atoms with E-state index in [4.69, 9.17) is 4.74 Å². The Morgan fingerprint density at radius 1 is 1.53 bits per heavy atom. The predicted octanol–water partition coefficient (Wildman–Crippen LogP) is 1.96. The Morgan fingerprint density at radius 3 is 2.79 bits per heavy atom. The maximum absolute atomic E-state index is 11.8. The number of non-ortho nitro benzene ring substituents is 1. The normalized spacial score (nSPS) is 17.6. The Bertz CT molecular complexity index is 579. The second-order valence-corrected chi connectivity index (χ2v) is 4.51. The summed E-state index contributed by atoms with van der Waals surface area (Å²) < 4.78 is 5.15. The molecular weight excluding hydrogens is 250 g/mol. The molecule has 0 fully saturated rings. The number of hydrogen-bond donors (Lipinski definition) is 0. The molecule has 0 radical (unpaired) electrons. The molecule has 0 saturated heterocycles. The first kappa shape index (κ1) is 13.2. The van der Waals surface area contributed by atoms with Crippen molar-refractivity contribution < 1.29 is 19.2 Å². The first-order chi connectivity index (χ1) is 8.93. The summed E-state index contributed by atoms with van der Waals surface area (Å²) in [5.41, 5.74) is 1.01. The van der Waals surface area contributed by atoms with Crippen LogP contribution in [0, 0.1) is 23.0 Å². The molecule has 1 unspecified atom stereocenters. The molecule has 0 N–H and O–H groups in total. The van der Waals surface area contributed by atoms with Gasteiger partial charge in [-0.2, -0.15) is 0 Å². The third-order valence-electron chi connectivity index (χ3n) is 3.20. The van der Waals surface area contributed by atoms with Gasteiger partial charge in [-0.3, -0.25) is 19.7 Å². The van der Waals surface area contributed by atoms with Crippen molar-refractivity contribution in [2.45, 2.75) is 26.7 Å². The van der Waals surface area contributed by atoms with Crippen LogP contribution < -0.4 is 4.74 Å². The van der Waals surface area contributed by atoms with Gasteiger partial charge in [0.15, 0.2) is 0 Å². The van der Waals surface area contributed by atoms with Gasteiger partial charge in [-0.1, -0.05) is 6.92 Å². The van der Waals surface area contributed by atoms with Crippen LogP contribution in [-0.2, 0) is 16.0 Å². The van der Waals surface area contributed by atoms with Crippen LogP contribution in [0.25, 0.3) is 0 Å². The average molecular weight is 263 g/mol. The minimum Gasteiger partial charge on any atom is -0.425 e. The van der Waals surface area contributed by atoms with Gasteiger partial charge >= 0.3 is 5.97 Å². The molecule has 1 aliphatic heterocycles. The van der Waals surface area contributed by atoms with Gasteiger partial charge in [0, 0.05) is 24.1 Å². The molecule has 6 heteroatoms. The molecule has 2 rings (SSSR count). The van der Waals surface area contributed by atoms with Gasteiger partial charge in [0.1, 0.15) is 17.5 Å². The Labute approximate surface area is 109 Å². The molecule has 1 atom stereocenters. The van der Waals surface area contributed by atoms with Crippen LogP contribution in [0.5, 0.6) is 5.75 Å². The smallest absolute Gasteiger partial charge is 0.322 e. The Hall–Kier alpha value is -2.24. The fourth-order valence-electron chi connectivity index (χ4n) is 2.20. The van der Waals surface area contributed by atoms with Crippen LogP contribution in [0.2, 0.25) is 0 Å². The van der Waals surface area contributed by atoms with Crippen LogP contribution in [0.1, 0.15) is 24.5 Å². The van der Waals surface area contributed by atoms with Gasteiger partial charge in [-0.15, -0.1) is 0 Å². The summed E-state index contributed by atoms with van der Waals surface area (Å²) >= 11 is 0. The van der Waals surface area contributed by atoms with Crippen molar-refractivity contribution >= 4 is 17.4 Å². The van der Waals surface area contributed by atoms with Gasteiger partial charge in [-0.25, -0.2) is 0 Å². The van der Waals surface area contributed by atoms with Crippen molar-refractivity contribution in [3.05, 3.63) is 33.4 Å². The number of esters is 1. The van der Waals surface area contributed by atoms with Crippen LogP contribution in [0.4, 0.5) is 5.69 Å². The SMILES string of the molecule is CCC(=O)C1Cc2cc([N+](=O)[O-])cc(C)c2OC1=O. The first-order valence-electron chi connectivity index (χ1n) is 5.96. The third-order valence-corrected chi connectivity index (χ3v) is 3.20. The topological polar surface area (TPSA) is 86.5 Å². The van der Waals surface area contributed by atoms with E-state index in [2.05, 4.69) is 0 Å². The molecule has 19 heavy (non-hydrogen) atoms. The second kappa shape index (κ2) is 4.79. The van der Waals surface area contributed by atoms with Crippen molar-refractivity contribution in [2.75, 3.05) is 0 Å². The number of benzene rings is 1. The summed E-state index contributed by atoms with van der Waals surface area (Å²) in [6, 6.07) is 2.72. The first-order valence-corrected chi connectivity index (χ1v) is 5.96. The van der Waals surface area contributed by atoms with E-state index in [0.29, 0.717) is 16.9 Å². The molecule has 1 aliphatic rings. The average Bonchev–Trinajstić information content (AvgIpc) is 2.37. The summed E-state index contributed by atoms with van der Waals surface area (Å²) in [7, 11) is 0. The number of rotatable bonds is 3. The van der Waals surface area contributed by atoms with Crippen molar-refractivity contribution in [3.8, 4) is 5.75 Å². The van der Waals surface area contributed by atoms with E-state index < -0.39 is 16.8 Å². The van der Waals surface area contributed by atoms with E-state index >= 15 is 0 Å². The standard InChI is InChI=1S/C13H13NO5/c1-3-11(15)10-6-8-5-9(14(17)18)4-7(2)12(8)19-13(10)16/h4-5,10H,3,6H2,1-2H3. The van der Waals surface area contributed by atoms with Crippen LogP contribution in [0.3, 0.4) is 0 Å². The lowest BCUT2D eigenvalue weighted by Gasteiger charge is -2.23. The Kier molecular flexibility index (Phi) is 3.33. The molecule has 1 aromatic rings. The number of nitro benzene ring substituents is 1. The number of hydrogen-bond acceptors (Lipinski definition) is 5. The molecule has 0 bridgehead atoms. The van der Waals surface area contributed by atoms with Gasteiger partial charge in [0.05, 0.1) is 4.92 Å². The van der Waals surface area contributed by atoms with E-state index in [1.807, 2.05) is 0 Å². The quantitative estimate of drug-likeness (QED) is 0.273. The molecule has 0 spiro atoms. The largest absolute Gasteiger partial charge is 0.425 e. The summed E-state index contributed by atoms with van der Waals surface area (Å²) in [6.45, 7) is 3.31. The highest BCUT2D eigenvalue weighted by Gasteiger charge is 2.34. The minimum absolute atomic E-state index is 0.0584. The van der Waals surface area contributed by atoms with E-state index in [9.17, 15) is 19.7 Å². The number of fused-ring (bicyclic) bond motifs is 1. The highest BCUT2D eigenvalue weighted by molar-refractivity contribution is 6.01. The minimum atomic E-state index is -0.848. The summed E-state index contributed by atoms with van der Waals surface area (Å²) in [6.07, 6.45) is 0.409. The molecule has 0 aromatic heterocycles. The van der Waals surface area contributed by atoms with Crippen molar-refractivity contribution in [1.82, 2.24) is 0 Å². The lowest BCUT2D eigenvalue weighted by molar-refractivity contribution is -0.385. The zero-order valence-electron chi connectivity index (χ0n) is 10.6. The van der Waals surface area contributed by atoms with Gasteiger partial charge in [0.2, 0.25) is 0 Å². The predicted molar refractivity (Wildman–Crippen MR) is 66.0 cm³/mol. The lowest BCUT2D eigenvalue weighted by atomic mass is 9.90. The number of aryl methyl sites for hydroxylation is 1. The molecule has 0 aliphatic carbocycles. The summed E-state index contributed by atoms with van der Waals surface area (Å²) in [5, 5.41) is 10.8. The Morgan fingerprint density at radius 2 is 2.21 bits per heavy atom. The molecule has 0 saturated carbocycles. The van der Waals surface area contributed by atoms with E-state index in [0.717, 1.165) is 0 Å². The van der Waals surface area contributed by atoms with Crippen molar-refractivity contribution in [1.29, 1.82) is 0 Å². The highest BCUT2D eigenvalue weighted by Crippen LogP contribution is 2.35. The Balaban J connectivity index is 2.45. The molecule has 6 nitrogen and oxygen atoms in total. The maximum atomic E-state index is 11.8. The van der Waals surface area contributed by atoms with E-state index in [-0.39, 0.29) is 24.3 Å². The number of Topliss-reactive ketones (excluding diaryl/α,β-unsaturated/α-hetero) is 1. The van der Waals surface area contributed by atoms with Gasteiger partial charge < -0.3 is 4.74 Å². The number of ketones is 1. The van der Waals surface area contributed by atoms with Gasteiger partial charge in [-0.05, 0) is 18.9 Å². The van der Waals surface area contributed by atoms with Crippen LogP contribution in [0.15, 0.2) is 12.1 Å². The molecule has 100 valence electrons. The fourth-order valence-corrected chi connectivity index (χ4v) is 2.20. The van der Waals surface area contributed by atoms with Crippen molar-refractivity contribution in [2.24, 2.45) is 5.92 Å². The second-order valence-electron chi connectivity index (χ2n) is 4.51. The molecular formula is C13H13NO5. The highest BCUT2D eigenvalue weighted by atomic mass is 16.6. The van der Waals surface area contributed by atoms with E-state index in [1.54, 1.807) is 13.8 Å². The zero-order chi connectivity index (χ0) is 14.2. The zero-order valence-corrected chi connectivity index (χ0v) is 10.6. The number of carbonyl (C=O) groups excluding carboxylic acids is 2. The van der Waals surface area contributed by atoms with Gasteiger partial charge in [0.25, 0.3) is 5.69 Å². The fraction of sp³-hybridized carbons (Fsp3) is 0.385. The number of carbonyl (C=O) groups is 2. The number of ether oxygens (including phenoxy) is 1. The number of nitro groups is 1. The summed E-state index contributed by atoms with van der Waals surface area (Å²) in [4.78, 5) is 33.7. The van der Waals surface area contributed by atoms with Crippen LogP contribution in [-0.4, -0.2) is 16.7 Å². The summed E-state index contributed by atoms with van der Waals surface area (Å²) in [5.74, 6) is -1.29. The molecule has 1 aromatic carbocycles. The lowest BCUT2D eigenvalue weighted by Crippen LogP contribution is -2.33.